The average Bonchev–Trinajstić information content (AvgIpc) is 2.26. The lowest BCUT2D eigenvalue weighted by molar-refractivity contribution is 0.171. The minimum absolute atomic E-state index is 0.299. The highest BCUT2D eigenvalue weighted by molar-refractivity contribution is 9.10. The zero-order chi connectivity index (χ0) is 10.7. The monoisotopic (exact) mass is 269 g/mol. The largest absolute Gasteiger partial charge is 0.486 e. The Kier molecular flexibility index (Phi) is 2.99. The summed E-state index contributed by atoms with van der Waals surface area (Å²) in [6, 6.07) is 3.66. The van der Waals surface area contributed by atoms with Crippen LogP contribution in [0.5, 0.6) is 11.5 Å². The van der Waals surface area contributed by atoms with Crippen LogP contribution in [0, 0.1) is 0 Å². The van der Waals surface area contributed by atoms with E-state index in [0.717, 1.165) is 15.8 Å². The van der Waals surface area contributed by atoms with Crippen molar-refractivity contribution in [2.45, 2.75) is 6.54 Å². The maximum atomic E-state index is 8.24. The fraction of sp³-hybridized carbons (Fsp3) is 0.333. The molecule has 0 aliphatic carbocycles. The Morgan fingerprint density at radius 3 is 2.67 bits per heavy atom. The van der Waals surface area contributed by atoms with E-state index in [4.69, 9.17) is 15.0 Å². The molecule has 0 saturated heterocycles. The molecule has 6 heteroatoms. The minimum Gasteiger partial charge on any atom is -0.486 e. The van der Waals surface area contributed by atoms with Gasteiger partial charge in [0, 0.05) is 9.38 Å². The van der Waals surface area contributed by atoms with Crippen molar-refractivity contribution in [3.8, 4) is 11.5 Å². The van der Waals surface area contributed by atoms with E-state index in [2.05, 4.69) is 26.0 Å². The molecule has 0 fully saturated rings. The second-order valence-corrected chi connectivity index (χ2v) is 3.83. The Labute approximate surface area is 94.7 Å². The summed E-state index contributed by atoms with van der Waals surface area (Å²) in [5.74, 6) is 1.42. The van der Waals surface area contributed by atoms with Crippen molar-refractivity contribution in [3.05, 3.63) is 32.6 Å². The fourth-order valence-corrected chi connectivity index (χ4v) is 1.78. The van der Waals surface area contributed by atoms with Gasteiger partial charge in [0.05, 0.1) is 6.54 Å². The number of hydrogen-bond acceptors (Lipinski definition) is 3. The molecule has 15 heavy (non-hydrogen) atoms. The van der Waals surface area contributed by atoms with Crippen molar-refractivity contribution in [1.29, 1.82) is 0 Å². The van der Waals surface area contributed by atoms with Crippen LogP contribution in [0.2, 0.25) is 0 Å². The quantitative estimate of drug-likeness (QED) is 0.471. The highest BCUT2D eigenvalue weighted by atomic mass is 79.9. The van der Waals surface area contributed by atoms with E-state index in [1.165, 1.54) is 0 Å². The summed E-state index contributed by atoms with van der Waals surface area (Å²) < 4.78 is 11.7. The van der Waals surface area contributed by atoms with Crippen LogP contribution in [0.3, 0.4) is 0 Å². The minimum atomic E-state index is 0.299. The van der Waals surface area contributed by atoms with Crippen LogP contribution in [0.25, 0.3) is 10.4 Å². The van der Waals surface area contributed by atoms with Gasteiger partial charge in [0.2, 0.25) is 0 Å². The number of azide groups is 1. The van der Waals surface area contributed by atoms with E-state index < -0.39 is 0 Å². The second-order valence-electron chi connectivity index (χ2n) is 2.98. The maximum Gasteiger partial charge on any atom is 0.162 e. The molecule has 0 atom stereocenters. The standard InChI is InChI=1S/C9H8BrN3O2/c10-7-4-9-8(14-1-2-15-9)3-6(7)5-12-13-11/h3-4H,1-2,5H2. The van der Waals surface area contributed by atoms with Gasteiger partial charge in [-0.25, -0.2) is 0 Å². The molecule has 0 spiro atoms. The van der Waals surface area contributed by atoms with Gasteiger partial charge in [-0.05, 0) is 23.2 Å². The van der Waals surface area contributed by atoms with Gasteiger partial charge in [0.25, 0.3) is 0 Å². The van der Waals surface area contributed by atoms with Crippen LogP contribution in [-0.2, 0) is 6.54 Å². The SMILES string of the molecule is [N-]=[N+]=NCc1cc2c(cc1Br)OCCO2. The normalized spacial score (nSPS) is 13.1. The molecule has 78 valence electrons. The van der Waals surface area contributed by atoms with Gasteiger partial charge < -0.3 is 9.47 Å². The molecule has 0 N–H and O–H groups in total. The predicted molar refractivity (Wildman–Crippen MR) is 58.0 cm³/mol. The van der Waals surface area contributed by atoms with Crippen LogP contribution < -0.4 is 9.47 Å². The molecule has 1 aromatic carbocycles. The lowest BCUT2D eigenvalue weighted by Gasteiger charge is -2.19. The highest BCUT2D eigenvalue weighted by Crippen LogP contribution is 2.35. The number of fused-ring (bicyclic) bond motifs is 1. The van der Waals surface area contributed by atoms with E-state index in [1.807, 2.05) is 12.1 Å². The molecule has 0 aromatic heterocycles. The Morgan fingerprint density at radius 1 is 1.33 bits per heavy atom. The van der Waals surface area contributed by atoms with Crippen molar-refractivity contribution in [3.63, 3.8) is 0 Å². The molecule has 1 heterocycles. The number of ether oxygens (including phenoxy) is 2. The Balaban J connectivity index is 2.35. The summed E-state index contributed by atoms with van der Waals surface area (Å²) in [4.78, 5) is 2.72. The summed E-state index contributed by atoms with van der Waals surface area (Å²) in [6.07, 6.45) is 0. The molecule has 0 bridgehead atoms. The van der Waals surface area contributed by atoms with Gasteiger partial charge in [-0.2, -0.15) is 0 Å². The second kappa shape index (κ2) is 4.42. The summed E-state index contributed by atoms with van der Waals surface area (Å²) in [5, 5.41) is 3.51. The molecule has 1 aromatic rings. The summed E-state index contributed by atoms with van der Waals surface area (Å²) in [5.41, 5.74) is 9.13. The van der Waals surface area contributed by atoms with E-state index in [9.17, 15) is 0 Å². The highest BCUT2D eigenvalue weighted by Gasteiger charge is 2.14. The van der Waals surface area contributed by atoms with Crippen molar-refractivity contribution in [2.24, 2.45) is 5.11 Å². The molecule has 0 unspecified atom stereocenters. The fourth-order valence-electron chi connectivity index (χ4n) is 1.34. The number of rotatable bonds is 2. The molecular weight excluding hydrogens is 262 g/mol. The first-order valence-corrected chi connectivity index (χ1v) is 5.19. The molecule has 0 radical (unpaired) electrons. The van der Waals surface area contributed by atoms with Gasteiger partial charge in [0.1, 0.15) is 13.2 Å². The first-order valence-electron chi connectivity index (χ1n) is 4.40. The third kappa shape index (κ3) is 2.16. The predicted octanol–water partition coefficient (Wildman–Crippen LogP) is 3.03. The lowest BCUT2D eigenvalue weighted by atomic mass is 10.2. The van der Waals surface area contributed by atoms with Gasteiger partial charge in [-0.15, -0.1) is 0 Å². The molecule has 1 aliphatic rings. The van der Waals surface area contributed by atoms with E-state index in [-0.39, 0.29) is 0 Å². The van der Waals surface area contributed by atoms with E-state index in [0.29, 0.717) is 25.5 Å². The molecule has 5 nitrogen and oxygen atoms in total. The maximum absolute atomic E-state index is 8.24. The topological polar surface area (TPSA) is 67.2 Å². The Hall–Kier alpha value is -1.39. The number of halogens is 1. The third-order valence-corrected chi connectivity index (χ3v) is 2.75. The summed E-state index contributed by atoms with van der Waals surface area (Å²) in [7, 11) is 0. The summed E-state index contributed by atoms with van der Waals surface area (Å²) in [6.45, 7) is 1.42. The van der Waals surface area contributed by atoms with Crippen LogP contribution in [-0.4, -0.2) is 13.2 Å². The van der Waals surface area contributed by atoms with Crippen molar-refractivity contribution in [2.75, 3.05) is 13.2 Å². The molecular formula is C9H8BrN3O2. The third-order valence-electron chi connectivity index (χ3n) is 2.02. The Bertz CT molecular complexity index is 430. The zero-order valence-corrected chi connectivity index (χ0v) is 9.40. The molecule has 1 aliphatic heterocycles. The molecule has 0 amide bonds. The number of nitrogens with zero attached hydrogens (tertiary/aromatic N) is 3. The molecule has 0 saturated carbocycles. The van der Waals surface area contributed by atoms with Crippen LogP contribution >= 0.6 is 15.9 Å². The zero-order valence-electron chi connectivity index (χ0n) is 7.81. The van der Waals surface area contributed by atoms with Gasteiger partial charge >= 0.3 is 0 Å². The van der Waals surface area contributed by atoms with Crippen molar-refractivity contribution in [1.82, 2.24) is 0 Å². The van der Waals surface area contributed by atoms with Gasteiger partial charge in [-0.1, -0.05) is 21.0 Å². The molecule has 2 rings (SSSR count). The van der Waals surface area contributed by atoms with Gasteiger partial charge in [-0.3, -0.25) is 0 Å². The number of hydrogen-bond donors (Lipinski definition) is 0. The van der Waals surface area contributed by atoms with Crippen molar-refractivity contribution >= 4 is 15.9 Å². The van der Waals surface area contributed by atoms with Crippen LogP contribution in [0.4, 0.5) is 0 Å². The Morgan fingerprint density at radius 2 is 2.00 bits per heavy atom. The first kappa shape index (κ1) is 10.1. The van der Waals surface area contributed by atoms with E-state index >= 15 is 0 Å². The van der Waals surface area contributed by atoms with Crippen LogP contribution in [0.15, 0.2) is 21.7 Å². The first-order chi connectivity index (χ1) is 7.31. The van der Waals surface area contributed by atoms with Gasteiger partial charge in [0.15, 0.2) is 11.5 Å². The summed E-state index contributed by atoms with van der Waals surface area (Å²) >= 11 is 3.39. The van der Waals surface area contributed by atoms with Crippen molar-refractivity contribution < 1.29 is 9.47 Å². The average molecular weight is 270 g/mol. The van der Waals surface area contributed by atoms with Crippen LogP contribution in [0.1, 0.15) is 5.56 Å². The number of benzene rings is 1. The smallest absolute Gasteiger partial charge is 0.162 e. The van der Waals surface area contributed by atoms with E-state index in [1.54, 1.807) is 0 Å². The lowest BCUT2D eigenvalue weighted by Crippen LogP contribution is -2.15.